The molecule has 2 aromatic carbocycles. The predicted octanol–water partition coefficient (Wildman–Crippen LogP) is 4.58. The molecule has 0 fully saturated rings. The Balaban J connectivity index is 0.000000523. The number of amides is 2. The number of aromatic nitrogens is 2. The Labute approximate surface area is 191 Å². The van der Waals surface area contributed by atoms with Gasteiger partial charge in [0.05, 0.1) is 29.0 Å². The van der Waals surface area contributed by atoms with Crippen molar-refractivity contribution in [3.05, 3.63) is 95.3 Å². The lowest BCUT2D eigenvalue weighted by Gasteiger charge is -2.11. The molecule has 4 rings (SSSR count). The summed E-state index contributed by atoms with van der Waals surface area (Å²) in [4.78, 5) is 32.7. The molecular weight excluding hydrogens is 424 g/mol. The molecule has 6 nitrogen and oxygen atoms in total. The molecule has 0 aliphatic rings. The number of benzene rings is 2. The summed E-state index contributed by atoms with van der Waals surface area (Å²) >= 11 is 6.33. The number of hydrogen-bond donors (Lipinski definition) is 1. The van der Waals surface area contributed by atoms with Crippen LogP contribution in [0.25, 0.3) is 22.2 Å². The quantitative estimate of drug-likeness (QED) is 0.455. The van der Waals surface area contributed by atoms with Crippen LogP contribution in [-0.4, -0.2) is 41.3 Å². The van der Waals surface area contributed by atoms with E-state index >= 15 is 0 Å². The largest absolute Gasteiger partial charge is 0.351 e. The molecule has 0 aliphatic carbocycles. The molecule has 2 amide bonds. The number of fused-ring (bicyclic) bond motifs is 1. The SMILES string of the molecule is CN(C)C=O.O=C(NCc1ccccn1)c1cc(-c2ccccc2Cl)nc2ccccc12. The lowest BCUT2D eigenvalue weighted by Crippen LogP contribution is -2.23. The van der Waals surface area contributed by atoms with Crippen LogP contribution in [-0.2, 0) is 11.3 Å². The van der Waals surface area contributed by atoms with Crippen molar-refractivity contribution in [3.63, 3.8) is 0 Å². The van der Waals surface area contributed by atoms with Gasteiger partial charge in [0.25, 0.3) is 5.91 Å². The van der Waals surface area contributed by atoms with Crippen molar-refractivity contribution in [1.82, 2.24) is 20.2 Å². The molecule has 0 saturated carbocycles. The van der Waals surface area contributed by atoms with Crippen LogP contribution in [0, 0.1) is 0 Å². The highest BCUT2D eigenvalue weighted by Gasteiger charge is 2.15. The predicted molar refractivity (Wildman–Crippen MR) is 127 cm³/mol. The normalized spacial score (nSPS) is 10.1. The van der Waals surface area contributed by atoms with Gasteiger partial charge in [0.2, 0.25) is 6.41 Å². The maximum absolute atomic E-state index is 12.9. The van der Waals surface area contributed by atoms with E-state index in [0.29, 0.717) is 22.8 Å². The number of hydrogen-bond acceptors (Lipinski definition) is 4. The molecule has 0 aliphatic heterocycles. The number of nitrogens with zero attached hydrogens (tertiary/aromatic N) is 3. The van der Waals surface area contributed by atoms with Gasteiger partial charge in [-0.3, -0.25) is 14.6 Å². The zero-order chi connectivity index (χ0) is 22.9. The van der Waals surface area contributed by atoms with Gasteiger partial charge in [0, 0.05) is 36.3 Å². The average molecular weight is 447 g/mol. The molecule has 1 N–H and O–H groups in total. The minimum Gasteiger partial charge on any atom is -0.351 e. The van der Waals surface area contributed by atoms with Crippen LogP contribution in [0.4, 0.5) is 0 Å². The van der Waals surface area contributed by atoms with Gasteiger partial charge in [-0.05, 0) is 30.3 Å². The number of halogens is 1. The molecule has 0 atom stereocenters. The van der Waals surface area contributed by atoms with Crippen molar-refractivity contribution in [2.24, 2.45) is 0 Å². The van der Waals surface area contributed by atoms with E-state index in [1.165, 1.54) is 4.90 Å². The van der Waals surface area contributed by atoms with E-state index in [9.17, 15) is 9.59 Å². The van der Waals surface area contributed by atoms with E-state index < -0.39 is 0 Å². The Hall–Kier alpha value is -3.77. The monoisotopic (exact) mass is 446 g/mol. The molecule has 2 aromatic heterocycles. The first-order chi connectivity index (χ1) is 15.5. The standard InChI is InChI=1S/C22H16ClN3O.C3H7NO/c23-19-10-3-1-9-17(19)21-13-18(16-8-2-4-11-20(16)26-21)22(27)25-14-15-7-5-6-12-24-15;1-4(2)3-5/h1-13H,14H2,(H,25,27);3H,1-2H3. The second kappa shape index (κ2) is 11.0. The zero-order valence-corrected chi connectivity index (χ0v) is 18.6. The minimum absolute atomic E-state index is 0.174. The molecule has 162 valence electrons. The van der Waals surface area contributed by atoms with Crippen LogP contribution in [0.1, 0.15) is 16.1 Å². The van der Waals surface area contributed by atoms with Gasteiger partial charge in [0.1, 0.15) is 0 Å². The Morgan fingerprint density at radius 1 is 1.03 bits per heavy atom. The molecular formula is C25H23ClN4O2. The second-order valence-corrected chi connectivity index (χ2v) is 7.53. The van der Waals surface area contributed by atoms with Gasteiger partial charge >= 0.3 is 0 Å². The van der Waals surface area contributed by atoms with Crippen molar-refractivity contribution in [2.45, 2.75) is 6.54 Å². The van der Waals surface area contributed by atoms with Gasteiger partial charge in [-0.25, -0.2) is 4.98 Å². The lowest BCUT2D eigenvalue weighted by molar-refractivity contribution is -0.115. The molecule has 0 saturated heterocycles. The van der Waals surface area contributed by atoms with Crippen LogP contribution in [0.2, 0.25) is 5.02 Å². The summed E-state index contributed by atoms with van der Waals surface area (Å²) in [6.45, 7) is 0.359. The molecule has 2 heterocycles. The first-order valence-corrected chi connectivity index (χ1v) is 10.3. The summed E-state index contributed by atoms with van der Waals surface area (Å²) in [5, 5.41) is 4.33. The van der Waals surface area contributed by atoms with E-state index in [0.717, 1.165) is 28.6 Å². The third kappa shape index (κ3) is 5.89. The summed E-state index contributed by atoms with van der Waals surface area (Å²) in [6.07, 6.45) is 2.46. The molecule has 32 heavy (non-hydrogen) atoms. The maximum atomic E-state index is 12.9. The van der Waals surface area contributed by atoms with Crippen molar-refractivity contribution >= 4 is 34.8 Å². The highest BCUT2D eigenvalue weighted by Crippen LogP contribution is 2.29. The summed E-state index contributed by atoms with van der Waals surface area (Å²) in [5.41, 5.74) is 3.57. The van der Waals surface area contributed by atoms with Crippen molar-refractivity contribution < 1.29 is 9.59 Å². The van der Waals surface area contributed by atoms with Crippen LogP contribution in [0.15, 0.2) is 79.0 Å². The first kappa shape index (κ1) is 22.9. The van der Waals surface area contributed by atoms with E-state index in [4.69, 9.17) is 16.6 Å². The highest BCUT2D eigenvalue weighted by molar-refractivity contribution is 6.33. The fraction of sp³-hybridized carbons (Fsp3) is 0.120. The van der Waals surface area contributed by atoms with Crippen LogP contribution >= 0.6 is 11.6 Å². The molecule has 0 bridgehead atoms. The van der Waals surface area contributed by atoms with Gasteiger partial charge in [-0.2, -0.15) is 0 Å². The smallest absolute Gasteiger partial charge is 0.252 e. The zero-order valence-electron chi connectivity index (χ0n) is 17.8. The van der Waals surface area contributed by atoms with Gasteiger partial charge in [-0.15, -0.1) is 0 Å². The van der Waals surface area contributed by atoms with Crippen molar-refractivity contribution in [2.75, 3.05) is 14.1 Å². The molecule has 0 radical (unpaired) electrons. The van der Waals surface area contributed by atoms with E-state index in [-0.39, 0.29) is 5.91 Å². The van der Waals surface area contributed by atoms with Crippen LogP contribution in [0.3, 0.4) is 0 Å². The number of para-hydroxylation sites is 1. The Morgan fingerprint density at radius 3 is 2.41 bits per heavy atom. The van der Waals surface area contributed by atoms with Crippen molar-refractivity contribution in [1.29, 1.82) is 0 Å². The number of nitrogens with one attached hydrogen (secondary N) is 1. The number of carbonyl (C=O) groups is 2. The van der Waals surface area contributed by atoms with Crippen LogP contribution < -0.4 is 5.32 Å². The summed E-state index contributed by atoms with van der Waals surface area (Å²) in [5.74, 6) is -0.174. The summed E-state index contributed by atoms with van der Waals surface area (Å²) < 4.78 is 0. The molecule has 0 unspecified atom stereocenters. The Bertz CT molecular complexity index is 1210. The fourth-order valence-corrected chi connectivity index (χ4v) is 3.17. The maximum Gasteiger partial charge on any atom is 0.252 e. The van der Waals surface area contributed by atoms with Gasteiger partial charge < -0.3 is 10.2 Å². The average Bonchev–Trinajstić information content (AvgIpc) is 2.83. The molecule has 0 spiro atoms. The van der Waals surface area contributed by atoms with E-state index in [2.05, 4.69) is 10.3 Å². The van der Waals surface area contributed by atoms with Crippen LogP contribution in [0.5, 0.6) is 0 Å². The van der Waals surface area contributed by atoms with E-state index in [1.54, 1.807) is 26.4 Å². The highest BCUT2D eigenvalue weighted by atomic mass is 35.5. The summed E-state index contributed by atoms with van der Waals surface area (Å²) in [7, 11) is 3.38. The van der Waals surface area contributed by atoms with Gasteiger partial charge in [0.15, 0.2) is 0 Å². The van der Waals surface area contributed by atoms with E-state index in [1.807, 2.05) is 66.7 Å². The van der Waals surface area contributed by atoms with Crippen molar-refractivity contribution in [3.8, 4) is 11.3 Å². The third-order valence-electron chi connectivity index (χ3n) is 4.48. The number of rotatable bonds is 5. The van der Waals surface area contributed by atoms with Gasteiger partial charge in [-0.1, -0.05) is 54.1 Å². The first-order valence-electron chi connectivity index (χ1n) is 9.94. The number of carbonyl (C=O) groups excluding carboxylic acids is 2. The Morgan fingerprint density at radius 2 is 1.72 bits per heavy atom. The second-order valence-electron chi connectivity index (χ2n) is 7.12. The third-order valence-corrected chi connectivity index (χ3v) is 4.81. The molecule has 4 aromatic rings. The lowest BCUT2D eigenvalue weighted by atomic mass is 10.0. The summed E-state index contributed by atoms with van der Waals surface area (Å²) in [6, 6.07) is 22.5. The molecule has 7 heteroatoms. The fourth-order valence-electron chi connectivity index (χ4n) is 2.94. The minimum atomic E-state index is -0.174. The topological polar surface area (TPSA) is 75.2 Å². The Kier molecular flexibility index (Phi) is 7.89. The number of pyridine rings is 2.